The van der Waals surface area contributed by atoms with Crippen LogP contribution in [0.15, 0.2) is 48.5 Å². The Bertz CT molecular complexity index is 724. The molecule has 3 rings (SSSR count). The third-order valence-electron chi connectivity index (χ3n) is 4.95. The van der Waals surface area contributed by atoms with Crippen molar-refractivity contribution in [3.05, 3.63) is 59.7 Å². The normalized spacial score (nSPS) is 16.2. The van der Waals surface area contributed by atoms with E-state index in [4.69, 9.17) is 10.5 Å². The average Bonchev–Trinajstić information content (AvgIpc) is 2.68. The molecular weight excluding hydrogens is 326 g/mol. The van der Waals surface area contributed by atoms with Crippen molar-refractivity contribution in [1.29, 1.82) is 0 Å². The maximum atomic E-state index is 12.2. The van der Waals surface area contributed by atoms with Crippen LogP contribution in [-0.2, 0) is 16.0 Å². The first kappa shape index (κ1) is 18.4. The molecule has 1 unspecified atom stereocenters. The fourth-order valence-electron chi connectivity index (χ4n) is 3.25. The summed E-state index contributed by atoms with van der Waals surface area (Å²) in [5.74, 6) is 0.00207. The molecule has 1 saturated heterocycles. The zero-order valence-corrected chi connectivity index (χ0v) is 15.3. The second-order valence-electron chi connectivity index (χ2n) is 6.69. The van der Waals surface area contributed by atoms with Gasteiger partial charge in [0.1, 0.15) is 0 Å². The Morgan fingerprint density at radius 1 is 1.15 bits per heavy atom. The second kappa shape index (κ2) is 8.83. The molecule has 1 heterocycles. The number of carbonyl (C=O) groups is 1. The summed E-state index contributed by atoms with van der Waals surface area (Å²) in [4.78, 5) is 14.6. The number of anilines is 2. The quantitative estimate of drug-likeness (QED) is 0.783. The number of nitrogens with zero attached hydrogens (tertiary/aromatic N) is 1. The number of nitrogens with two attached hydrogens (primary N) is 1. The fourth-order valence-corrected chi connectivity index (χ4v) is 3.25. The number of ether oxygens (including phenoxy) is 1. The average molecular weight is 353 g/mol. The number of morpholine rings is 1. The Morgan fingerprint density at radius 2 is 1.85 bits per heavy atom. The van der Waals surface area contributed by atoms with Crippen LogP contribution in [0.3, 0.4) is 0 Å². The standard InChI is InChI=1S/C21H27N3O2/c1-16(24-12-14-26-15-13-24)17-6-9-19(10-7-17)23-21(25)11-8-18-4-2-3-5-20(18)22/h2-7,9-10,16H,8,11-15,22H2,1H3,(H,23,25). The Kier molecular flexibility index (Phi) is 6.26. The van der Waals surface area contributed by atoms with E-state index in [0.717, 1.165) is 43.2 Å². The SMILES string of the molecule is CC(c1ccc(NC(=O)CCc2ccccc2N)cc1)N1CCOCC1. The van der Waals surface area contributed by atoms with Crippen molar-refractivity contribution in [2.45, 2.75) is 25.8 Å². The molecule has 1 fully saturated rings. The fraction of sp³-hybridized carbons (Fsp3) is 0.381. The van der Waals surface area contributed by atoms with E-state index in [9.17, 15) is 4.79 Å². The molecule has 0 aliphatic carbocycles. The molecule has 26 heavy (non-hydrogen) atoms. The first-order valence-electron chi connectivity index (χ1n) is 9.18. The molecule has 0 aromatic heterocycles. The van der Waals surface area contributed by atoms with E-state index in [2.05, 4.69) is 29.3 Å². The van der Waals surface area contributed by atoms with Gasteiger partial charge in [0, 0.05) is 36.9 Å². The van der Waals surface area contributed by atoms with Gasteiger partial charge in [-0.05, 0) is 42.7 Å². The molecule has 2 aromatic rings. The van der Waals surface area contributed by atoms with Crippen LogP contribution in [0.5, 0.6) is 0 Å². The molecule has 1 aliphatic heterocycles. The van der Waals surface area contributed by atoms with Gasteiger partial charge in [-0.2, -0.15) is 0 Å². The molecule has 5 heteroatoms. The van der Waals surface area contributed by atoms with Gasteiger partial charge in [0.2, 0.25) is 5.91 Å². The number of hydrogen-bond donors (Lipinski definition) is 2. The summed E-state index contributed by atoms with van der Waals surface area (Å²) in [6.45, 7) is 5.72. The molecule has 1 amide bonds. The molecule has 0 radical (unpaired) electrons. The van der Waals surface area contributed by atoms with Gasteiger partial charge in [-0.3, -0.25) is 9.69 Å². The minimum absolute atomic E-state index is 0.00207. The number of para-hydroxylation sites is 1. The zero-order valence-electron chi connectivity index (χ0n) is 15.3. The highest BCUT2D eigenvalue weighted by molar-refractivity contribution is 5.90. The van der Waals surface area contributed by atoms with Crippen molar-refractivity contribution in [3.63, 3.8) is 0 Å². The monoisotopic (exact) mass is 353 g/mol. The number of hydrogen-bond acceptors (Lipinski definition) is 4. The number of carbonyl (C=O) groups excluding carboxylic acids is 1. The summed E-state index contributed by atoms with van der Waals surface area (Å²) in [7, 11) is 0. The molecule has 2 aromatic carbocycles. The van der Waals surface area contributed by atoms with Crippen LogP contribution in [0.2, 0.25) is 0 Å². The van der Waals surface area contributed by atoms with Crippen molar-refractivity contribution < 1.29 is 9.53 Å². The lowest BCUT2D eigenvalue weighted by Gasteiger charge is -2.32. The lowest BCUT2D eigenvalue weighted by molar-refractivity contribution is -0.116. The van der Waals surface area contributed by atoms with E-state index >= 15 is 0 Å². The molecular formula is C21H27N3O2. The molecule has 1 atom stereocenters. The maximum Gasteiger partial charge on any atom is 0.224 e. The predicted octanol–water partition coefficient (Wildman–Crippen LogP) is 3.23. The number of rotatable bonds is 6. The van der Waals surface area contributed by atoms with E-state index in [1.807, 2.05) is 36.4 Å². The van der Waals surface area contributed by atoms with Gasteiger partial charge >= 0.3 is 0 Å². The van der Waals surface area contributed by atoms with E-state index in [1.54, 1.807) is 0 Å². The number of nitrogens with one attached hydrogen (secondary N) is 1. The first-order valence-corrected chi connectivity index (χ1v) is 9.18. The van der Waals surface area contributed by atoms with Gasteiger partial charge < -0.3 is 15.8 Å². The van der Waals surface area contributed by atoms with Gasteiger partial charge in [-0.15, -0.1) is 0 Å². The minimum atomic E-state index is 0.00207. The first-order chi connectivity index (χ1) is 12.6. The largest absolute Gasteiger partial charge is 0.399 e. The summed E-state index contributed by atoms with van der Waals surface area (Å²) in [6.07, 6.45) is 1.06. The van der Waals surface area contributed by atoms with E-state index in [1.165, 1.54) is 5.56 Å². The van der Waals surface area contributed by atoms with Crippen molar-refractivity contribution in [2.24, 2.45) is 0 Å². The summed E-state index contributed by atoms with van der Waals surface area (Å²) in [6, 6.07) is 16.1. The minimum Gasteiger partial charge on any atom is -0.399 e. The highest BCUT2D eigenvalue weighted by Crippen LogP contribution is 2.23. The molecule has 138 valence electrons. The summed E-state index contributed by atoms with van der Waals surface area (Å²) in [5, 5.41) is 2.96. The zero-order chi connectivity index (χ0) is 18.4. The van der Waals surface area contributed by atoms with Crippen molar-refractivity contribution >= 4 is 17.3 Å². The highest BCUT2D eigenvalue weighted by atomic mass is 16.5. The Hall–Kier alpha value is -2.37. The molecule has 1 aliphatic rings. The van der Waals surface area contributed by atoms with Crippen LogP contribution < -0.4 is 11.1 Å². The maximum absolute atomic E-state index is 12.2. The Morgan fingerprint density at radius 3 is 2.54 bits per heavy atom. The van der Waals surface area contributed by atoms with Crippen LogP contribution in [-0.4, -0.2) is 37.1 Å². The second-order valence-corrected chi connectivity index (χ2v) is 6.69. The number of aryl methyl sites for hydroxylation is 1. The molecule has 5 nitrogen and oxygen atoms in total. The van der Waals surface area contributed by atoms with E-state index in [-0.39, 0.29) is 5.91 Å². The smallest absolute Gasteiger partial charge is 0.224 e. The van der Waals surface area contributed by atoms with Gasteiger partial charge in [0.25, 0.3) is 0 Å². The van der Waals surface area contributed by atoms with Crippen LogP contribution in [0.1, 0.15) is 30.5 Å². The van der Waals surface area contributed by atoms with Gasteiger partial charge in [-0.25, -0.2) is 0 Å². The van der Waals surface area contributed by atoms with Crippen LogP contribution in [0.4, 0.5) is 11.4 Å². The molecule has 0 spiro atoms. The molecule has 0 saturated carbocycles. The summed E-state index contributed by atoms with van der Waals surface area (Å²) in [5.41, 5.74) is 9.75. The van der Waals surface area contributed by atoms with Crippen molar-refractivity contribution in [3.8, 4) is 0 Å². The van der Waals surface area contributed by atoms with Crippen molar-refractivity contribution in [2.75, 3.05) is 37.4 Å². The van der Waals surface area contributed by atoms with E-state index < -0.39 is 0 Å². The van der Waals surface area contributed by atoms with Gasteiger partial charge in [0.15, 0.2) is 0 Å². The topological polar surface area (TPSA) is 67.6 Å². The number of nitrogen functional groups attached to an aromatic ring is 1. The van der Waals surface area contributed by atoms with Crippen LogP contribution >= 0.6 is 0 Å². The van der Waals surface area contributed by atoms with Gasteiger partial charge in [-0.1, -0.05) is 30.3 Å². The van der Waals surface area contributed by atoms with Crippen LogP contribution in [0, 0.1) is 0 Å². The van der Waals surface area contributed by atoms with Crippen molar-refractivity contribution in [1.82, 2.24) is 4.90 Å². The summed E-state index contributed by atoms with van der Waals surface area (Å²) >= 11 is 0. The van der Waals surface area contributed by atoms with Gasteiger partial charge in [0.05, 0.1) is 13.2 Å². The number of amides is 1. The lowest BCUT2D eigenvalue weighted by atomic mass is 10.1. The lowest BCUT2D eigenvalue weighted by Crippen LogP contribution is -2.37. The Balaban J connectivity index is 1.52. The van der Waals surface area contributed by atoms with Crippen LogP contribution in [0.25, 0.3) is 0 Å². The third-order valence-corrected chi connectivity index (χ3v) is 4.95. The highest BCUT2D eigenvalue weighted by Gasteiger charge is 2.18. The molecule has 0 bridgehead atoms. The molecule has 3 N–H and O–H groups in total. The third kappa shape index (κ3) is 4.84. The van der Waals surface area contributed by atoms with E-state index in [0.29, 0.717) is 18.9 Å². The number of benzene rings is 2. The predicted molar refractivity (Wildman–Crippen MR) is 105 cm³/mol. The Labute approximate surface area is 155 Å². The summed E-state index contributed by atoms with van der Waals surface area (Å²) < 4.78 is 5.41.